The zero-order chi connectivity index (χ0) is 13.8. The molecule has 2 aromatic rings. The lowest BCUT2D eigenvalue weighted by Gasteiger charge is -2.11. The lowest BCUT2D eigenvalue weighted by molar-refractivity contribution is 0.0918. The smallest absolute Gasteiger partial charge is 0.287 e. The van der Waals surface area contributed by atoms with E-state index in [4.69, 9.17) is 10.2 Å². The topological polar surface area (TPSA) is 68.3 Å². The first-order valence-corrected chi connectivity index (χ1v) is 7.43. The normalized spacial score (nSPS) is 12.5. The number of anilines is 1. The molecule has 0 aliphatic rings. The molecular weight excluding hydrogens is 260 g/mol. The molecule has 0 saturated heterocycles. The Labute approximate surface area is 116 Å². The molecule has 0 fully saturated rings. The van der Waals surface area contributed by atoms with Crippen LogP contribution in [0.5, 0.6) is 0 Å². The van der Waals surface area contributed by atoms with Gasteiger partial charge in [-0.2, -0.15) is 11.8 Å². The van der Waals surface area contributed by atoms with Crippen LogP contribution in [0.25, 0.3) is 11.0 Å². The molecule has 4 nitrogen and oxygen atoms in total. The molecule has 0 radical (unpaired) electrons. The Morgan fingerprint density at radius 2 is 2.26 bits per heavy atom. The molecule has 0 spiro atoms. The quantitative estimate of drug-likeness (QED) is 0.825. The summed E-state index contributed by atoms with van der Waals surface area (Å²) < 4.78 is 5.52. The molecular formula is C14H18N2O2S. The Morgan fingerprint density at radius 3 is 3.00 bits per heavy atom. The van der Waals surface area contributed by atoms with Crippen molar-refractivity contribution in [2.75, 3.05) is 17.2 Å². The third-order valence-electron chi connectivity index (χ3n) is 2.71. The van der Waals surface area contributed by atoms with Gasteiger partial charge in [-0.15, -0.1) is 0 Å². The SMILES string of the molecule is CCSCC(C)NC(=O)c1cc2cc(N)ccc2o1. The fourth-order valence-electron chi connectivity index (χ4n) is 1.80. The average molecular weight is 278 g/mol. The number of nitrogens with one attached hydrogen (secondary N) is 1. The number of amides is 1. The van der Waals surface area contributed by atoms with E-state index in [9.17, 15) is 4.79 Å². The monoisotopic (exact) mass is 278 g/mol. The van der Waals surface area contributed by atoms with E-state index in [0.29, 0.717) is 17.0 Å². The molecule has 102 valence electrons. The number of hydrogen-bond donors (Lipinski definition) is 2. The molecule has 19 heavy (non-hydrogen) atoms. The molecule has 0 saturated carbocycles. The van der Waals surface area contributed by atoms with E-state index in [1.165, 1.54) is 0 Å². The highest BCUT2D eigenvalue weighted by Crippen LogP contribution is 2.21. The number of furan rings is 1. The zero-order valence-electron chi connectivity index (χ0n) is 11.1. The first kappa shape index (κ1) is 13.8. The number of carbonyl (C=O) groups is 1. The highest BCUT2D eigenvalue weighted by Gasteiger charge is 2.14. The van der Waals surface area contributed by atoms with Gasteiger partial charge in [0.15, 0.2) is 5.76 Å². The van der Waals surface area contributed by atoms with Crippen molar-refractivity contribution in [3.05, 3.63) is 30.0 Å². The molecule has 3 N–H and O–H groups in total. The van der Waals surface area contributed by atoms with Crippen molar-refractivity contribution < 1.29 is 9.21 Å². The summed E-state index contributed by atoms with van der Waals surface area (Å²) >= 11 is 1.80. The van der Waals surface area contributed by atoms with E-state index >= 15 is 0 Å². The largest absolute Gasteiger partial charge is 0.451 e. The van der Waals surface area contributed by atoms with E-state index in [2.05, 4.69) is 12.2 Å². The van der Waals surface area contributed by atoms with Crippen LogP contribution in [-0.2, 0) is 0 Å². The molecule has 1 aromatic heterocycles. The Morgan fingerprint density at radius 1 is 1.47 bits per heavy atom. The van der Waals surface area contributed by atoms with E-state index in [1.54, 1.807) is 36.0 Å². The minimum absolute atomic E-state index is 0.121. The highest BCUT2D eigenvalue weighted by molar-refractivity contribution is 7.99. The van der Waals surface area contributed by atoms with Crippen LogP contribution in [0.4, 0.5) is 5.69 Å². The summed E-state index contributed by atoms with van der Waals surface area (Å²) in [7, 11) is 0. The van der Waals surface area contributed by atoms with Crippen LogP contribution in [0.3, 0.4) is 0 Å². The lowest BCUT2D eigenvalue weighted by Crippen LogP contribution is -2.34. The number of hydrogen-bond acceptors (Lipinski definition) is 4. The van der Waals surface area contributed by atoms with Crippen molar-refractivity contribution in [2.24, 2.45) is 0 Å². The first-order chi connectivity index (χ1) is 9.10. The summed E-state index contributed by atoms with van der Waals surface area (Å²) in [6, 6.07) is 7.18. The van der Waals surface area contributed by atoms with Gasteiger partial charge in [-0.25, -0.2) is 0 Å². The maximum absolute atomic E-state index is 12.0. The maximum atomic E-state index is 12.0. The Kier molecular flexibility index (Phi) is 4.37. The fraction of sp³-hybridized carbons (Fsp3) is 0.357. The molecule has 0 aliphatic carbocycles. The number of nitrogen functional groups attached to an aromatic ring is 1. The van der Waals surface area contributed by atoms with Crippen molar-refractivity contribution in [1.29, 1.82) is 0 Å². The summed E-state index contributed by atoms with van der Waals surface area (Å²) in [5.74, 6) is 2.09. The molecule has 1 amide bonds. The maximum Gasteiger partial charge on any atom is 0.287 e. The van der Waals surface area contributed by atoms with Crippen molar-refractivity contribution >= 4 is 34.3 Å². The summed E-state index contributed by atoms with van der Waals surface area (Å²) in [4.78, 5) is 12.0. The van der Waals surface area contributed by atoms with Gasteiger partial charge in [0.25, 0.3) is 5.91 Å². The molecule has 0 bridgehead atoms. The van der Waals surface area contributed by atoms with Gasteiger partial charge in [0, 0.05) is 22.9 Å². The standard InChI is InChI=1S/C14H18N2O2S/c1-3-19-8-9(2)16-14(17)13-7-10-6-11(15)4-5-12(10)18-13/h4-7,9H,3,8,15H2,1-2H3,(H,16,17). The average Bonchev–Trinajstić information content (AvgIpc) is 2.79. The van der Waals surface area contributed by atoms with Gasteiger partial charge in [-0.3, -0.25) is 4.79 Å². The van der Waals surface area contributed by atoms with Gasteiger partial charge < -0.3 is 15.5 Å². The first-order valence-electron chi connectivity index (χ1n) is 6.28. The lowest BCUT2D eigenvalue weighted by atomic mass is 10.2. The van der Waals surface area contributed by atoms with Gasteiger partial charge in [-0.05, 0) is 36.9 Å². The number of rotatable bonds is 5. The molecule has 5 heteroatoms. The minimum atomic E-state index is -0.182. The molecule has 0 aliphatic heterocycles. The fourth-order valence-corrected chi connectivity index (χ4v) is 2.48. The van der Waals surface area contributed by atoms with Crippen LogP contribution in [0.1, 0.15) is 24.4 Å². The Bertz CT molecular complexity index is 580. The van der Waals surface area contributed by atoms with Crippen LogP contribution in [0, 0.1) is 0 Å². The highest BCUT2D eigenvalue weighted by atomic mass is 32.2. The predicted molar refractivity (Wildman–Crippen MR) is 80.6 cm³/mol. The second-order valence-electron chi connectivity index (χ2n) is 4.44. The van der Waals surface area contributed by atoms with Crippen molar-refractivity contribution in [2.45, 2.75) is 19.9 Å². The number of benzene rings is 1. The third-order valence-corrected chi connectivity index (χ3v) is 3.86. The van der Waals surface area contributed by atoms with Crippen LogP contribution in [0.2, 0.25) is 0 Å². The number of thioether (sulfide) groups is 1. The number of nitrogens with two attached hydrogens (primary N) is 1. The molecule has 1 atom stereocenters. The Balaban J connectivity index is 2.08. The van der Waals surface area contributed by atoms with Crippen molar-refractivity contribution in [3.63, 3.8) is 0 Å². The van der Waals surface area contributed by atoms with E-state index in [0.717, 1.165) is 16.9 Å². The second kappa shape index (κ2) is 6.02. The van der Waals surface area contributed by atoms with E-state index < -0.39 is 0 Å². The summed E-state index contributed by atoms with van der Waals surface area (Å²) in [6.45, 7) is 4.09. The summed E-state index contributed by atoms with van der Waals surface area (Å²) in [6.07, 6.45) is 0. The molecule has 2 rings (SSSR count). The number of fused-ring (bicyclic) bond motifs is 1. The van der Waals surface area contributed by atoms with Gasteiger partial charge in [0.1, 0.15) is 5.58 Å². The molecule has 1 unspecified atom stereocenters. The summed E-state index contributed by atoms with van der Waals surface area (Å²) in [5.41, 5.74) is 7.04. The van der Waals surface area contributed by atoms with Gasteiger partial charge in [-0.1, -0.05) is 6.92 Å². The van der Waals surface area contributed by atoms with Crippen LogP contribution in [-0.4, -0.2) is 23.5 Å². The van der Waals surface area contributed by atoms with Crippen LogP contribution < -0.4 is 11.1 Å². The Hall–Kier alpha value is -1.62. The summed E-state index contributed by atoms with van der Waals surface area (Å²) in [5, 5.41) is 3.77. The molecule has 1 aromatic carbocycles. The van der Waals surface area contributed by atoms with E-state index in [-0.39, 0.29) is 11.9 Å². The van der Waals surface area contributed by atoms with Gasteiger partial charge in [0.2, 0.25) is 0 Å². The van der Waals surface area contributed by atoms with Gasteiger partial charge >= 0.3 is 0 Å². The zero-order valence-corrected chi connectivity index (χ0v) is 11.9. The van der Waals surface area contributed by atoms with Crippen LogP contribution >= 0.6 is 11.8 Å². The van der Waals surface area contributed by atoms with Crippen molar-refractivity contribution in [3.8, 4) is 0 Å². The predicted octanol–water partition coefficient (Wildman–Crippen LogP) is 2.89. The van der Waals surface area contributed by atoms with Crippen LogP contribution in [0.15, 0.2) is 28.7 Å². The van der Waals surface area contributed by atoms with Gasteiger partial charge in [0.05, 0.1) is 0 Å². The van der Waals surface area contributed by atoms with E-state index in [1.807, 2.05) is 6.92 Å². The third kappa shape index (κ3) is 3.44. The van der Waals surface area contributed by atoms with Crippen molar-refractivity contribution in [1.82, 2.24) is 5.32 Å². The molecule has 1 heterocycles. The second-order valence-corrected chi connectivity index (χ2v) is 5.76. The minimum Gasteiger partial charge on any atom is -0.451 e. The number of carbonyl (C=O) groups excluding carboxylic acids is 1.